The standard InChI is InChI=1S/C27H18FNO4/c28-20-15-22(26(31)23(16-20)27(32)33)25(30)13-9-18-5-3-4-17(14-18)8-11-21-12-10-19-6-1-2-7-24(19)29-21/h1-16,31H,(H,32,33)/b11-8+,13-9+. The van der Waals surface area contributed by atoms with Crippen LogP contribution in [0.5, 0.6) is 5.75 Å². The van der Waals surface area contributed by atoms with Gasteiger partial charge in [0, 0.05) is 5.39 Å². The fourth-order valence-electron chi connectivity index (χ4n) is 3.33. The molecule has 4 aromatic rings. The average Bonchev–Trinajstić information content (AvgIpc) is 2.82. The normalized spacial score (nSPS) is 11.4. The number of benzene rings is 3. The van der Waals surface area contributed by atoms with Gasteiger partial charge in [-0.3, -0.25) is 4.79 Å². The minimum absolute atomic E-state index is 0.415. The van der Waals surface area contributed by atoms with Gasteiger partial charge in [-0.15, -0.1) is 0 Å². The lowest BCUT2D eigenvalue weighted by Gasteiger charge is -2.05. The molecular weight excluding hydrogens is 421 g/mol. The summed E-state index contributed by atoms with van der Waals surface area (Å²) in [6.45, 7) is 0. The van der Waals surface area contributed by atoms with Crippen LogP contribution in [0.4, 0.5) is 4.39 Å². The number of fused-ring (bicyclic) bond motifs is 1. The highest BCUT2D eigenvalue weighted by atomic mass is 19.1. The Morgan fingerprint density at radius 3 is 2.33 bits per heavy atom. The lowest BCUT2D eigenvalue weighted by molar-refractivity contribution is 0.0693. The van der Waals surface area contributed by atoms with Crippen LogP contribution in [0, 0.1) is 5.82 Å². The third-order valence-corrected chi connectivity index (χ3v) is 4.97. The molecular formula is C27H18FNO4. The van der Waals surface area contributed by atoms with Crippen molar-refractivity contribution in [2.24, 2.45) is 0 Å². The van der Waals surface area contributed by atoms with Crippen LogP contribution in [0.15, 0.2) is 78.9 Å². The van der Waals surface area contributed by atoms with E-state index < -0.39 is 34.4 Å². The quantitative estimate of drug-likeness (QED) is 0.291. The Bertz CT molecular complexity index is 1440. The number of ketones is 1. The number of hydrogen-bond acceptors (Lipinski definition) is 4. The first-order chi connectivity index (χ1) is 15.9. The number of hydrogen-bond donors (Lipinski definition) is 2. The molecule has 2 N–H and O–H groups in total. The summed E-state index contributed by atoms with van der Waals surface area (Å²) in [6, 6.07) is 20.6. The zero-order chi connectivity index (χ0) is 23.4. The van der Waals surface area contributed by atoms with E-state index in [1.807, 2.05) is 66.7 Å². The number of carbonyl (C=O) groups is 2. The van der Waals surface area contributed by atoms with E-state index in [0.29, 0.717) is 11.6 Å². The molecule has 0 aliphatic heterocycles. The molecule has 3 aromatic carbocycles. The highest BCUT2D eigenvalue weighted by Gasteiger charge is 2.19. The molecule has 5 nitrogen and oxygen atoms in total. The Morgan fingerprint density at radius 1 is 0.818 bits per heavy atom. The zero-order valence-corrected chi connectivity index (χ0v) is 17.3. The summed E-state index contributed by atoms with van der Waals surface area (Å²) in [6.07, 6.45) is 6.46. The summed E-state index contributed by atoms with van der Waals surface area (Å²) in [5.41, 5.74) is 2.21. The monoisotopic (exact) mass is 439 g/mol. The van der Waals surface area contributed by atoms with Crippen molar-refractivity contribution in [2.75, 3.05) is 0 Å². The van der Waals surface area contributed by atoms with Crippen LogP contribution in [0.2, 0.25) is 0 Å². The summed E-state index contributed by atoms with van der Waals surface area (Å²) in [7, 11) is 0. The third-order valence-electron chi connectivity index (χ3n) is 4.97. The summed E-state index contributed by atoms with van der Waals surface area (Å²) in [4.78, 5) is 28.2. The number of pyridine rings is 1. The van der Waals surface area contributed by atoms with Crippen molar-refractivity contribution in [2.45, 2.75) is 0 Å². The van der Waals surface area contributed by atoms with Crippen molar-refractivity contribution in [1.82, 2.24) is 4.98 Å². The number of aromatic carboxylic acids is 1. The number of carboxylic acids is 1. The molecule has 162 valence electrons. The molecule has 0 bridgehead atoms. The van der Waals surface area contributed by atoms with E-state index >= 15 is 0 Å². The van der Waals surface area contributed by atoms with Gasteiger partial charge in [0.25, 0.3) is 0 Å². The van der Waals surface area contributed by atoms with Gasteiger partial charge < -0.3 is 10.2 Å². The second-order valence-corrected chi connectivity index (χ2v) is 7.28. The fourth-order valence-corrected chi connectivity index (χ4v) is 3.33. The van der Waals surface area contributed by atoms with Crippen LogP contribution in [0.3, 0.4) is 0 Å². The molecule has 1 aromatic heterocycles. The predicted molar refractivity (Wildman–Crippen MR) is 126 cm³/mol. The van der Waals surface area contributed by atoms with Crippen LogP contribution in [0.1, 0.15) is 37.5 Å². The van der Waals surface area contributed by atoms with Crippen LogP contribution in [0.25, 0.3) is 29.1 Å². The maximum absolute atomic E-state index is 13.7. The number of para-hydroxylation sites is 1. The van der Waals surface area contributed by atoms with Crippen LogP contribution >= 0.6 is 0 Å². The average molecular weight is 439 g/mol. The van der Waals surface area contributed by atoms with E-state index in [4.69, 9.17) is 5.11 Å². The number of nitrogens with zero attached hydrogens (tertiary/aromatic N) is 1. The van der Waals surface area contributed by atoms with E-state index in [9.17, 15) is 19.1 Å². The van der Waals surface area contributed by atoms with Gasteiger partial charge in [0.1, 0.15) is 17.1 Å². The smallest absolute Gasteiger partial charge is 0.339 e. The molecule has 0 spiro atoms. The number of halogens is 1. The molecule has 0 saturated carbocycles. The minimum atomic E-state index is -1.52. The maximum Gasteiger partial charge on any atom is 0.339 e. The van der Waals surface area contributed by atoms with Crippen molar-refractivity contribution in [3.05, 3.63) is 113 Å². The number of carbonyl (C=O) groups excluding carboxylic acids is 1. The molecule has 33 heavy (non-hydrogen) atoms. The fraction of sp³-hybridized carbons (Fsp3) is 0. The highest BCUT2D eigenvalue weighted by molar-refractivity contribution is 6.10. The molecule has 4 rings (SSSR count). The molecule has 0 amide bonds. The number of phenols is 1. The SMILES string of the molecule is O=C(O)c1cc(F)cc(C(=O)/C=C/c2cccc(/C=C/c3ccc4ccccc4n3)c2)c1O. The first-order valence-corrected chi connectivity index (χ1v) is 10.0. The summed E-state index contributed by atoms with van der Waals surface area (Å²) >= 11 is 0. The largest absolute Gasteiger partial charge is 0.506 e. The van der Waals surface area contributed by atoms with Gasteiger partial charge in [-0.05, 0) is 53.6 Å². The Balaban J connectivity index is 1.54. The molecule has 0 unspecified atom stereocenters. The van der Waals surface area contributed by atoms with Gasteiger partial charge in [-0.1, -0.05) is 54.6 Å². The molecule has 0 radical (unpaired) electrons. The van der Waals surface area contributed by atoms with Crippen LogP contribution in [-0.2, 0) is 0 Å². The van der Waals surface area contributed by atoms with Crippen LogP contribution < -0.4 is 0 Å². The van der Waals surface area contributed by atoms with Gasteiger partial charge in [0.2, 0.25) is 0 Å². The molecule has 0 saturated heterocycles. The number of rotatable bonds is 6. The van der Waals surface area contributed by atoms with Gasteiger partial charge in [-0.2, -0.15) is 0 Å². The molecule has 0 atom stereocenters. The first kappa shape index (κ1) is 21.6. The van der Waals surface area contributed by atoms with E-state index in [-0.39, 0.29) is 0 Å². The lowest BCUT2D eigenvalue weighted by Crippen LogP contribution is -2.04. The topological polar surface area (TPSA) is 87.5 Å². The van der Waals surface area contributed by atoms with E-state index in [2.05, 4.69) is 4.98 Å². The molecule has 1 heterocycles. The summed E-state index contributed by atoms with van der Waals surface area (Å²) < 4.78 is 13.7. The van der Waals surface area contributed by atoms with Crippen molar-refractivity contribution in [3.8, 4) is 5.75 Å². The Labute approximate surface area is 188 Å². The number of aromatic hydroxyl groups is 1. The minimum Gasteiger partial charge on any atom is -0.506 e. The van der Waals surface area contributed by atoms with Crippen molar-refractivity contribution >= 4 is 40.9 Å². The maximum atomic E-state index is 13.7. The number of aromatic nitrogens is 1. The van der Waals surface area contributed by atoms with Gasteiger partial charge in [0.15, 0.2) is 5.78 Å². The second-order valence-electron chi connectivity index (χ2n) is 7.28. The lowest BCUT2D eigenvalue weighted by atomic mass is 10.0. The van der Waals surface area contributed by atoms with Crippen molar-refractivity contribution in [1.29, 1.82) is 0 Å². The Kier molecular flexibility index (Phi) is 6.09. The van der Waals surface area contributed by atoms with Crippen LogP contribution in [-0.4, -0.2) is 26.9 Å². The number of carboxylic acid groups (broad SMARTS) is 1. The predicted octanol–water partition coefficient (Wildman–Crippen LogP) is 5.84. The second kappa shape index (κ2) is 9.28. The Hall–Kier alpha value is -4.58. The van der Waals surface area contributed by atoms with E-state index in [1.165, 1.54) is 6.08 Å². The first-order valence-electron chi connectivity index (χ1n) is 10.0. The van der Waals surface area contributed by atoms with Crippen molar-refractivity contribution < 1.29 is 24.2 Å². The molecule has 0 fully saturated rings. The number of allylic oxidation sites excluding steroid dienone is 1. The Morgan fingerprint density at radius 2 is 1.55 bits per heavy atom. The summed E-state index contributed by atoms with van der Waals surface area (Å²) in [5.74, 6) is -3.92. The molecule has 0 aliphatic carbocycles. The molecule has 0 aliphatic rings. The van der Waals surface area contributed by atoms with Gasteiger partial charge >= 0.3 is 5.97 Å². The van der Waals surface area contributed by atoms with Gasteiger partial charge in [-0.25, -0.2) is 14.2 Å². The zero-order valence-electron chi connectivity index (χ0n) is 17.3. The summed E-state index contributed by atoms with van der Waals surface area (Å²) in [5, 5.41) is 20.1. The van der Waals surface area contributed by atoms with Crippen molar-refractivity contribution in [3.63, 3.8) is 0 Å². The van der Waals surface area contributed by atoms with Gasteiger partial charge in [0.05, 0.1) is 16.8 Å². The highest BCUT2D eigenvalue weighted by Crippen LogP contribution is 2.25. The van der Waals surface area contributed by atoms with E-state index in [1.54, 1.807) is 6.07 Å². The third kappa shape index (κ3) is 5.02. The molecule has 6 heteroatoms. The van der Waals surface area contributed by atoms with E-state index in [0.717, 1.165) is 34.3 Å².